The van der Waals surface area contributed by atoms with E-state index in [-0.39, 0.29) is 0 Å². The molecule has 2 aromatic rings. The Morgan fingerprint density at radius 3 is 2.94 bits per heavy atom. The highest BCUT2D eigenvalue weighted by Gasteiger charge is 2.07. The predicted molar refractivity (Wildman–Crippen MR) is 64.6 cm³/mol. The van der Waals surface area contributed by atoms with Crippen LogP contribution in [0.15, 0.2) is 18.2 Å². The molecule has 0 fully saturated rings. The van der Waals surface area contributed by atoms with Crippen LogP contribution in [-0.2, 0) is 13.5 Å². The quantitative estimate of drug-likeness (QED) is 0.847. The lowest BCUT2D eigenvalue weighted by Gasteiger charge is -2.02. The lowest BCUT2D eigenvalue weighted by molar-refractivity contribution is 0.340. The first kappa shape index (κ1) is 11.0. The Labute approximate surface area is 95.0 Å². The summed E-state index contributed by atoms with van der Waals surface area (Å²) in [5, 5.41) is 0. The fraction of sp³-hybridized carbons (Fsp3) is 0.417. The molecule has 1 heterocycles. The molecule has 0 aliphatic rings. The molecule has 1 aromatic heterocycles. The number of nitrogens with two attached hydrogens (primary N) is 1. The summed E-state index contributed by atoms with van der Waals surface area (Å²) < 4.78 is 7.53. The van der Waals surface area contributed by atoms with Gasteiger partial charge in [-0.15, -0.1) is 0 Å². The second kappa shape index (κ2) is 4.53. The topological polar surface area (TPSA) is 53.1 Å². The van der Waals surface area contributed by atoms with Gasteiger partial charge in [0.25, 0.3) is 0 Å². The minimum atomic E-state index is 0.621. The minimum absolute atomic E-state index is 0.621. The summed E-state index contributed by atoms with van der Waals surface area (Å²) in [6.45, 7) is 3.27. The van der Waals surface area contributed by atoms with Gasteiger partial charge < -0.3 is 15.0 Å². The van der Waals surface area contributed by atoms with Crippen molar-refractivity contribution in [2.24, 2.45) is 12.8 Å². The van der Waals surface area contributed by atoms with Crippen molar-refractivity contribution >= 4 is 11.0 Å². The fourth-order valence-corrected chi connectivity index (χ4v) is 1.84. The normalized spacial score (nSPS) is 10.9. The SMILES string of the molecule is CCOc1ccc2c(c1)nc(CCN)n2C. The Bertz CT molecular complexity index is 490. The van der Waals surface area contributed by atoms with Gasteiger partial charge in [-0.3, -0.25) is 0 Å². The van der Waals surface area contributed by atoms with Crippen molar-refractivity contribution in [3.05, 3.63) is 24.0 Å². The van der Waals surface area contributed by atoms with Gasteiger partial charge in [0.15, 0.2) is 0 Å². The van der Waals surface area contributed by atoms with E-state index in [1.54, 1.807) is 0 Å². The van der Waals surface area contributed by atoms with Crippen molar-refractivity contribution < 1.29 is 4.74 Å². The summed E-state index contributed by atoms with van der Waals surface area (Å²) in [4.78, 5) is 4.55. The van der Waals surface area contributed by atoms with Crippen molar-refractivity contribution in [3.8, 4) is 5.75 Å². The van der Waals surface area contributed by atoms with E-state index < -0.39 is 0 Å². The lowest BCUT2D eigenvalue weighted by atomic mass is 10.3. The number of aryl methyl sites for hydroxylation is 1. The van der Waals surface area contributed by atoms with Gasteiger partial charge in [0.2, 0.25) is 0 Å². The van der Waals surface area contributed by atoms with Gasteiger partial charge >= 0.3 is 0 Å². The Kier molecular flexibility index (Phi) is 3.10. The van der Waals surface area contributed by atoms with E-state index >= 15 is 0 Å². The molecule has 2 N–H and O–H groups in total. The van der Waals surface area contributed by atoms with E-state index in [0.717, 1.165) is 29.0 Å². The Morgan fingerprint density at radius 2 is 2.25 bits per heavy atom. The van der Waals surface area contributed by atoms with Gasteiger partial charge in [-0.2, -0.15) is 0 Å². The summed E-state index contributed by atoms with van der Waals surface area (Å²) >= 11 is 0. The summed E-state index contributed by atoms with van der Waals surface area (Å²) in [6, 6.07) is 5.98. The molecule has 0 spiro atoms. The van der Waals surface area contributed by atoms with Crippen LogP contribution in [0.4, 0.5) is 0 Å². The van der Waals surface area contributed by atoms with Gasteiger partial charge in [-0.1, -0.05) is 0 Å². The van der Waals surface area contributed by atoms with Gasteiger partial charge in [0.05, 0.1) is 17.6 Å². The molecule has 16 heavy (non-hydrogen) atoms. The highest BCUT2D eigenvalue weighted by Crippen LogP contribution is 2.21. The maximum atomic E-state index is 5.55. The van der Waals surface area contributed by atoms with E-state index in [1.165, 1.54) is 0 Å². The first-order valence-electron chi connectivity index (χ1n) is 5.54. The predicted octanol–water partition coefficient (Wildman–Crippen LogP) is 1.47. The second-order valence-electron chi connectivity index (χ2n) is 3.71. The van der Waals surface area contributed by atoms with E-state index in [1.807, 2.05) is 32.2 Å². The summed E-state index contributed by atoms with van der Waals surface area (Å²) in [6.07, 6.45) is 0.801. The van der Waals surface area contributed by atoms with Crippen molar-refractivity contribution in [3.63, 3.8) is 0 Å². The van der Waals surface area contributed by atoms with Crippen LogP contribution >= 0.6 is 0 Å². The second-order valence-corrected chi connectivity index (χ2v) is 3.71. The van der Waals surface area contributed by atoms with Gasteiger partial charge in [0, 0.05) is 19.5 Å². The molecule has 0 radical (unpaired) electrons. The summed E-state index contributed by atoms with van der Waals surface area (Å²) in [7, 11) is 2.01. The minimum Gasteiger partial charge on any atom is -0.494 e. The van der Waals surface area contributed by atoms with Crippen LogP contribution in [0.25, 0.3) is 11.0 Å². The molecule has 2 rings (SSSR count). The number of aromatic nitrogens is 2. The van der Waals surface area contributed by atoms with Crippen molar-refractivity contribution in [2.45, 2.75) is 13.3 Å². The van der Waals surface area contributed by atoms with Crippen LogP contribution in [0, 0.1) is 0 Å². The lowest BCUT2D eigenvalue weighted by Crippen LogP contribution is -2.07. The standard InChI is InChI=1S/C12H17N3O/c1-3-16-9-4-5-11-10(8-9)14-12(6-7-13)15(11)2/h4-5,8H,3,6-7,13H2,1-2H3. The molecule has 0 saturated heterocycles. The van der Waals surface area contributed by atoms with Crippen molar-refractivity contribution in [1.82, 2.24) is 9.55 Å². The third-order valence-corrected chi connectivity index (χ3v) is 2.62. The van der Waals surface area contributed by atoms with Crippen LogP contribution in [0.1, 0.15) is 12.7 Å². The monoisotopic (exact) mass is 219 g/mol. The number of rotatable bonds is 4. The van der Waals surface area contributed by atoms with E-state index in [0.29, 0.717) is 13.2 Å². The smallest absolute Gasteiger partial charge is 0.121 e. The molecule has 0 amide bonds. The molecule has 0 atom stereocenters. The highest BCUT2D eigenvalue weighted by atomic mass is 16.5. The Balaban J connectivity index is 2.45. The maximum Gasteiger partial charge on any atom is 0.121 e. The van der Waals surface area contributed by atoms with Crippen LogP contribution in [0.2, 0.25) is 0 Å². The van der Waals surface area contributed by atoms with Crippen LogP contribution in [-0.4, -0.2) is 22.7 Å². The molecule has 0 saturated carbocycles. The third kappa shape index (κ3) is 1.88. The fourth-order valence-electron chi connectivity index (χ4n) is 1.84. The van der Waals surface area contributed by atoms with Gasteiger partial charge in [0.1, 0.15) is 11.6 Å². The molecular weight excluding hydrogens is 202 g/mol. The van der Waals surface area contributed by atoms with Gasteiger partial charge in [-0.05, 0) is 25.6 Å². The van der Waals surface area contributed by atoms with E-state index in [2.05, 4.69) is 9.55 Å². The number of ether oxygens (including phenoxy) is 1. The average molecular weight is 219 g/mol. The van der Waals surface area contributed by atoms with Gasteiger partial charge in [-0.25, -0.2) is 4.98 Å². The zero-order chi connectivity index (χ0) is 11.5. The molecule has 0 aliphatic heterocycles. The first-order chi connectivity index (χ1) is 7.76. The summed E-state index contributed by atoms with van der Waals surface area (Å²) in [5.74, 6) is 1.89. The Hall–Kier alpha value is -1.55. The highest BCUT2D eigenvalue weighted by molar-refractivity contribution is 5.77. The maximum absolute atomic E-state index is 5.55. The van der Waals surface area contributed by atoms with Crippen LogP contribution in [0.5, 0.6) is 5.75 Å². The first-order valence-corrected chi connectivity index (χ1v) is 5.54. The van der Waals surface area contributed by atoms with E-state index in [9.17, 15) is 0 Å². The number of imidazole rings is 1. The number of fused-ring (bicyclic) bond motifs is 1. The molecule has 0 aliphatic carbocycles. The van der Waals surface area contributed by atoms with Crippen LogP contribution < -0.4 is 10.5 Å². The van der Waals surface area contributed by atoms with Crippen molar-refractivity contribution in [2.75, 3.05) is 13.2 Å². The molecule has 86 valence electrons. The number of nitrogens with zero attached hydrogens (tertiary/aromatic N) is 2. The Morgan fingerprint density at radius 1 is 1.44 bits per heavy atom. The third-order valence-electron chi connectivity index (χ3n) is 2.62. The number of hydrogen-bond acceptors (Lipinski definition) is 3. The molecule has 4 nitrogen and oxygen atoms in total. The molecule has 4 heteroatoms. The summed E-state index contributed by atoms with van der Waals surface area (Å²) in [5.41, 5.74) is 7.64. The molecular formula is C12H17N3O. The zero-order valence-corrected chi connectivity index (χ0v) is 9.73. The van der Waals surface area contributed by atoms with Crippen molar-refractivity contribution in [1.29, 1.82) is 0 Å². The number of benzene rings is 1. The molecule has 0 bridgehead atoms. The van der Waals surface area contributed by atoms with E-state index in [4.69, 9.17) is 10.5 Å². The number of hydrogen-bond donors (Lipinski definition) is 1. The van der Waals surface area contributed by atoms with Crippen LogP contribution in [0.3, 0.4) is 0 Å². The largest absolute Gasteiger partial charge is 0.494 e. The molecule has 0 unspecified atom stereocenters. The zero-order valence-electron chi connectivity index (χ0n) is 9.73. The average Bonchev–Trinajstić information content (AvgIpc) is 2.57. The molecule has 1 aromatic carbocycles.